The third-order valence-corrected chi connectivity index (χ3v) is 4.59. The van der Waals surface area contributed by atoms with Crippen molar-refractivity contribution in [2.24, 2.45) is 0 Å². The fraction of sp³-hybridized carbons (Fsp3) is 0.400. The van der Waals surface area contributed by atoms with Crippen LogP contribution >= 0.6 is 0 Å². The van der Waals surface area contributed by atoms with Crippen molar-refractivity contribution in [2.45, 2.75) is 31.7 Å². The first-order chi connectivity index (χ1) is 11.4. The molecule has 0 saturated carbocycles. The zero-order chi connectivity index (χ0) is 17.6. The van der Waals surface area contributed by atoms with E-state index in [0.717, 1.165) is 11.1 Å². The average Bonchev–Trinajstić information content (AvgIpc) is 2.59. The van der Waals surface area contributed by atoms with Crippen LogP contribution < -0.4 is 5.32 Å². The van der Waals surface area contributed by atoms with Crippen LogP contribution in [0.2, 0.25) is 0 Å². The summed E-state index contributed by atoms with van der Waals surface area (Å²) in [5, 5.41) is 3.12. The number of likely N-dealkylation sites (N-methyl/N-ethyl adjacent to an activating group) is 1. The predicted molar refractivity (Wildman–Crippen MR) is 97.9 cm³/mol. The molecule has 0 aliphatic carbocycles. The molecule has 128 valence electrons. The summed E-state index contributed by atoms with van der Waals surface area (Å²) in [5.41, 5.74) is 2.00. The number of benzene rings is 1. The quantitative estimate of drug-likeness (QED) is 0.851. The number of nitrogens with zero attached hydrogens (tertiary/aromatic N) is 2. The Morgan fingerprint density at radius 2 is 1.88 bits per heavy atom. The van der Waals surface area contributed by atoms with E-state index in [9.17, 15) is 4.79 Å². The number of hydrogen-bond donors (Lipinski definition) is 1. The Kier molecular flexibility index (Phi) is 6.10. The zero-order valence-corrected chi connectivity index (χ0v) is 15.0. The number of nitrogens with one attached hydrogen (secondary N) is 1. The third kappa shape index (κ3) is 4.90. The van der Waals surface area contributed by atoms with Crippen molar-refractivity contribution < 1.29 is 4.79 Å². The molecule has 0 radical (unpaired) electrons. The number of pyridine rings is 1. The lowest BCUT2D eigenvalue weighted by molar-refractivity contribution is -0.123. The fourth-order valence-corrected chi connectivity index (χ4v) is 2.39. The highest BCUT2D eigenvalue weighted by molar-refractivity contribution is 5.84. The summed E-state index contributed by atoms with van der Waals surface area (Å²) in [4.78, 5) is 19.1. The molecule has 1 aromatic carbocycles. The van der Waals surface area contributed by atoms with Crippen LogP contribution in [0.15, 0.2) is 54.9 Å². The number of hydrogen-bond acceptors (Lipinski definition) is 3. The van der Waals surface area contributed by atoms with Gasteiger partial charge in [0.05, 0.1) is 5.92 Å². The molecule has 0 saturated heterocycles. The molecule has 0 aliphatic heterocycles. The van der Waals surface area contributed by atoms with Gasteiger partial charge in [0.15, 0.2) is 0 Å². The van der Waals surface area contributed by atoms with Crippen molar-refractivity contribution in [1.82, 2.24) is 15.2 Å². The Labute approximate surface area is 144 Å². The van der Waals surface area contributed by atoms with E-state index < -0.39 is 0 Å². The minimum atomic E-state index is -0.214. The molecule has 1 unspecified atom stereocenters. The van der Waals surface area contributed by atoms with Crippen LogP contribution in [-0.4, -0.2) is 42.0 Å². The lowest BCUT2D eigenvalue weighted by Crippen LogP contribution is -2.49. The van der Waals surface area contributed by atoms with E-state index in [2.05, 4.69) is 29.0 Å². The molecule has 2 aromatic rings. The minimum Gasteiger partial charge on any atom is -0.354 e. The predicted octanol–water partition coefficient (Wildman–Crippen LogP) is 2.86. The van der Waals surface area contributed by atoms with Gasteiger partial charge < -0.3 is 10.2 Å². The normalized spacial score (nSPS) is 12.9. The SMILES string of the molecule is CN(C)C(C)(C)CNC(=O)C(Cc1cccnc1)c1ccccc1. The molecule has 2 rings (SSSR count). The summed E-state index contributed by atoms with van der Waals surface area (Å²) in [6.45, 7) is 4.84. The van der Waals surface area contributed by atoms with Gasteiger partial charge in [-0.1, -0.05) is 36.4 Å². The first-order valence-corrected chi connectivity index (χ1v) is 8.29. The molecule has 1 N–H and O–H groups in total. The summed E-state index contributed by atoms with van der Waals surface area (Å²) in [6, 6.07) is 13.9. The zero-order valence-electron chi connectivity index (χ0n) is 15.0. The monoisotopic (exact) mass is 325 g/mol. The molecular weight excluding hydrogens is 298 g/mol. The number of carbonyl (C=O) groups excluding carboxylic acids is 1. The van der Waals surface area contributed by atoms with Gasteiger partial charge in [0.2, 0.25) is 5.91 Å². The Morgan fingerprint density at radius 1 is 1.17 bits per heavy atom. The first kappa shape index (κ1) is 18.1. The van der Waals surface area contributed by atoms with Gasteiger partial charge in [-0.15, -0.1) is 0 Å². The van der Waals surface area contributed by atoms with Crippen molar-refractivity contribution >= 4 is 5.91 Å². The van der Waals surface area contributed by atoms with Crippen LogP contribution in [0.1, 0.15) is 30.9 Å². The molecular formula is C20H27N3O. The molecule has 1 heterocycles. The van der Waals surface area contributed by atoms with Gasteiger partial charge in [-0.3, -0.25) is 9.78 Å². The topological polar surface area (TPSA) is 45.2 Å². The number of carbonyl (C=O) groups is 1. The van der Waals surface area contributed by atoms with Gasteiger partial charge in [0.1, 0.15) is 0 Å². The molecule has 0 spiro atoms. The van der Waals surface area contributed by atoms with Crippen molar-refractivity contribution in [3.8, 4) is 0 Å². The minimum absolute atomic E-state index is 0.0555. The van der Waals surface area contributed by atoms with Crippen molar-refractivity contribution in [1.29, 1.82) is 0 Å². The van der Waals surface area contributed by atoms with E-state index in [1.54, 1.807) is 6.20 Å². The van der Waals surface area contributed by atoms with Crippen LogP contribution in [0, 0.1) is 0 Å². The van der Waals surface area contributed by atoms with Crippen molar-refractivity contribution in [3.63, 3.8) is 0 Å². The molecule has 1 atom stereocenters. The standard InChI is InChI=1S/C20H27N3O/c1-20(2,23(3)4)15-22-19(24)18(17-10-6-5-7-11-17)13-16-9-8-12-21-14-16/h5-12,14,18H,13,15H2,1-4H3,(H,22,24). The van der Waals surface area contributed by atoms with Crippen LogP contribution in [0.5, 0.6) is 0 Å². The Morgan fingerprint density at radius 3 is 2.46 bits per heavy atom. The molecule has 4 heteroatoms. The molecule has 0 aliphatic rings. The Hall–Kier alpha value is -2.20. The molecule has 1 amide bonds. The largest absolute Gasteiger partial charge is 0.354 e. The van der Waals surface area contributed by atoms with E-state index in [1.165, 1.54) is 0 Å². The first-order valence-electron chi connectivity index (χ1n) is 8.29. The van der Waals surface area contributed by atoms with Crippen molar-refractivity contribution in [3.05, 3.63) is 66.0 Å². The van der Waals surface area contributed by atoms with E-state index in [4.69, 9.17) is 0 Å². The number of rotatable bonds is 7. The van der Waals surface area contributed by atoms with E-state index in [1.807, 2.05) is 62.8 Å². The van der Waals surface area contributed by atoms with Crippen LogP contribution in [0.25, 0.3) is 0 Å². The van der Waals surface area contributed by atoms with Gasteiger partial charge in [0, 0.05) is 24.5 Å². The van der Waals surface area contributed by atoms with Gasteiger partial charge in [-0.25, -0.2) is 0 Å². The maximum atomic E-state index is 12.9. The maximum Gasteiger partial charge on any atom is 0.227 e. The van der Waals surface area contributed by atoms with E-state index in [0.29, 0.717) is 13.0 Å². The second kappa shape index (κ2) is 8.06. The summed E-state index contributed by atoms with van der Waals surface area (Å²) >= 11 is 0. The van der Waals surface area contributed by atoms with Gasteiger partial charge in [-0.2, -0.15) is 0 Å². The molecule has 0 bridgehead atoms. The van der Waals surface area contributed by atoms with Crippen LogP contribution in [0.3, 0.4) is 0 Å². The fourth-order valence-electron chi connectivity index (χ4n) is 2.39. The van der Waals surface area contributed by atoms with Gasteiger partial charge in [0.25, 0.3) is 0 Å². The average molecular weight is 325 g/mol. The second-order valence-corrected chi connectivity index (χ2v) is 6.95. The highest BCUT2D eigenvalue weighted by Gasteiger charge is 2.25. The van der Waals surface area contributed by atoms with Gasteiger partial charge in [-0.05, 0) is 51.6 Å². The highest BCUT2D eigenvalue weighted by Crippen LogP contribution is 2.21. The van der Waals surface area contributed by atoms with E-state index in [-0.39, 0.29) is 17.4 Å². The third-order valence-electron chi connectivity index (χ3n) is 4.59. The molecule has 1 aromatic heterocycles. The smallest absolute Gasteiger partial charge is 0.227 e. The maximum absolute atomic E-state index is 12.9. The summed E-state index contributed by atoms with van der Waals surface area (Å²) in [5.74, 6) is -0.159. The lowest BCUT2D eigenvalue weighted by atomic mass is 9.91. The van der Waals surface area contributed by atoms with Crippen LogP contribution in [-0.2, 0) is 11.2 Å². The molecule has 24 heavy (non-hydrogen) atoms. The Bertz CT molecular complexity index is 638. The second-order valence-electron chi connectivity index (χ2n) is 6.95. The lowest BCUT2D eigenvalue weighted by Gasteiger charge is -2.33. The number of amides is 1. The summed E-state index contributed by atoms with van der Waals surface area (Å²) in [6.07, 6.45) is 4.22. The summed E-state index contributed by atoms with van der Waals surface area (Å²) in [7, 11) is 4.05. The van der Waals surface area contributed by atoms with E-state index >= 15 is 0 Å². The van der Waals surface area contributed by atoms with Crippen molar-refractivity contribution in [2.75, 3.05) is 20.6 Å². The summed E-state index contributed by atoms with van der Waals surface area (Å²) < 4.78 is 0. The number of aromatic nitrogens is 1. The molecule has 0 fully saturated rings. The van der Waals surface area contributed by atoms with Crippen LogP contribution in [0.4, 0.5) is 0 Å². The Balaban J connectivity index is 2.15. The van der Waals surface area contributed by atoms with Gasteiger partial charge >= 0.3 is 0 Å². The highest BCUT2D eigenvalue weighted by atomic mass is 16.1. The molecule has 4 nitrogen and oxygen atoms in total.